The second-order valence-corrected chi connectivity index (χ2v) is 5.95. The minimum atomic E-state index is 0.319. The fourth-order valence-electron chi connectivity index (χ4n) is 2.15. The molecular formula is C11H20N2O2S. The highest BCUT2D eigenvalue weighted by atomic mass is 32.2. The Labute approximate surface area is 101 Å². The van der Waals surface area contributed by atoms with E-state index in [4.69, 9.17) is 15.7 Å². The van der Waals surface area contributed by atoms with Crippen molar-refractivity contribution >= 4 is 17.6 Å². The van der Waals surface area contributed by atoms with Crippen molar-refractivity contribution in [2.45, 2.75) is 38.2 Å². The molecule has 4 nitrogen and oxygen atoms in total. The van der Waals surface area contributed by atoms with Crippen LogP contribution < -0.4 is 5.73 Å². The van der Waals surface area contributed by atoms with Crippen LogP contribution >= 0.6 is 11.8 Å². The highest BCUT2D eigenvalue weighted by Gasteiger charge is 2.43. The van der Waals surface area contributed by atoms with Crippen LogP contribution in [0.25, 0.3) is 0 Å². The molecule has 1 heterocycles. The van der Waals surface area contributed by atoms with Crippen LogP contribution in [0.1, 0.15) is 32.1 Å². The van der Waals surface area contributed by atoms with Crippen molar-refractivity contribution in [3.8, 4) is 0 Å². The third-order valence-electron chi connectivity index (χ3n) is 3.38. The van der Waals surface area contributed by atoms with Crippen LogP contribution in [0, 0.1) is 5.41 Å². The SMILES string of the molecule is NC(CC1(CSCC2CCCO2)CC1)=NO. The van der Waals surface area contributed by atoms with Crippen LogP contribution in [0.4, 0.5) is 0 Å². The number of hydrogen-bond donors (Lipinski definition) is 2. The van der Waals surface area contributed by atoms with Gasteiger partial charge in [-0.25, -0.2) is 0 Å². The van der Waals surface area contributed by atoms with E-state index < -0.39 is 0 Å². The Morgan fingerprint density at radius 3 is 2.94 bits per heavy atom. The first-order valence-corrected chi connectivity index (χ1v) is 7.05. The average Bonchev–Trinajstić information content (AvgIpc) is 2.83. The van der Waals surface area contributed by atoms with Crippen LogP contribution in [0.2, 0.25) is 0 Å². The van der Waals surface area contributed by atoms with Gasteiger partial charge in [-0.3, -0.25) is 0 Å². The van der Waals surface area contributed by atoms with Crippen molar-refractivity contribution in [2.24, 2.45) is 16.3 Å². The summed E-state index contributed by atoms with van der Waals surface area (Å²) in [6.07, 6.45) is 6.04. The van der Waals surface area contributed by atoms with Gasteiger partial charge in [-0.05, 0) is 36.9 Å². The Hall–Kier alpha value is -0.420. The first kappa shape index (κ1) is 12.0. The highest BCUT2D eigenvalue weighted by molar-refractivity contribution is 7.99. The molecule has 92 valence electrons. The predicted octanol–water partition coefficient (Wildman–Crippen LogP) is 1.82. The standard InChI is InChI=1S/C11H20N2O2S/c12-10(13-14)6-11(3-4-11)8-16-7-9-2-1-5-15-9/h9,14H,1-8H2,(H2,12,13). The molecule has 1 saturated carbocycles. The summed E-state index contributed by atoms with van der Waals surface area (Å²) < 4.78 is 5.58. The van der Waals surface area contributed by atoms with Crippen molar-refractivity contribution < 1.29 is 9.94 Å². The lowest BCUT2D eigenvalue weighted by atomic mass is 10.1. The maximum Gasteiger partial charge on any atom is 0.139 e. The lowest BCUT2D eigenvalue weighted by Crippen LogP contribution is -2.20. The molecular weight excluding hydrogens is 224 g/mol. The molecule has 0 spiro atoms. The zero-order valence-electron chi connectivity index (χ0n) is 9.52. The second kappa shape index (κ2) is 5.27. The van der Waals surface area contributed by atoms with E-state index in [1.165, 1.54) is 25.7 Å². The number of nitrogens with two attached hydrogens (primary N) is 1. The molecule has 0 aromatic rings. The van der Waals surface area contributed by atoms with E-state index in [9.17, 15) is 0 Å². The first-order valence-electron chi connectivity index (χ1n) is 5.90. The van der Waals surface area contributed by atoms with E-state index in [0.717, 1.165) is 24.5 Å². The maximum atomic E-state index is 8.56. The number of amidine groups is 1. The van der Waals surface area contributed by atoms with Crippen LogP contribution in [0.15, 0.2) is 5.16 Å². The van der Waals surface area contributed by atoms with Gasteiger partial charge in [0.2, 0.25) is 0 Å². The van der Waals surface area contributed by atoms with E-state index >= 15 is 0 Å². The summed E-state index contributed by atoms with van der Waals surface area (Å²) in [5, 5.41) is 11.6. The number of hydrogen-bond acceptors (Lipinski definition) is 4. The fourth-order valence-corrected chi connectivity index (χ4v) is 3.62. The van der Waals surface area contributed by atoms with Crippen LogP contribution in [0.5, 0.6) is 0 Å². The number of nitrogens with zero attached hydrogens (tertiary/aromatic N) is 1. The maximum absolute atomic E-state index is 8.56. The molecule has 0 bridgehead atoms. The molecule has 0 aromatic heterocycles. The topological polar surface area (TPSA) is 67.8 Å². The molecule has 0 radical (unpaired) electrons. The van der Waals surface area contributed by atoms with Gasteiger partial charge in [0.25, 0.3) is 0 Å². The Morgan fingerprint density at radius 1 is 1.56 bits per heavy atom. The largest absolute Gasteiger partial charge is 0.409 e. The summed E-state index contributed by atoms with van der Waals surface area (Å²) in [6.45, 7) is 0.931. The first-order chi connectivity index (χ1) is 7.74. The smallest absolute Gasteiger partial charge is 0.139 e. The zero-order valence-corrected chi connectivity index (χ0v) is 10.3. The Morgan fingerprint density at radius 2 is 2.38 bits per heavy atom. The molecule has 0 aromatic carbocycles. The van der Waals surface area contributed by atoms with Gasteiger partial charge < -0.3 is 15.7 Å². The lowest BCUT2D eigenvalue weighted by Gasteiger charge is -2.15. The van der Waals surface area contributed by atoms with E-state index in [1.807, 2.05) is 11.8 Å². The third kappa shape index (κ3) is 3.28. The second-order valence-electron chi connectivity index (χ2n) is 4.92. The van der Waals surface area contributed by atoms with Crippen molar-refractivity contribution in [3.63, 3.8) is 0 Å². The van der Waals surface area contributed by atoms with Gasteiger partial charge in [0.05, 0.1) is 6.10 Å². The van der Waals surface area contributed by atoms with Gasteiger partial charge in [-0.1, -0.05) is 5.16 Å². The van der Waals surface area contributed by atoms with Crippen LogP contribution in [-0.2, 0) is 4.74 Å². The van der Waals surface area contributed by atoms with E-state index in [1.54, 1.807) is 0 Å². The molecule has 5 heteroatoms. The molecule has 0 amide bonds. The Balaban J connectivity index is 1.65. The number of thioether (sulfide) groups is 1. The number of ether oxygens (including phenoxy) is 1. The molecule has 2 rings (SSSR count). The summed E-state index contributed by atoms with van der Waals surface area (Å²) in [4.78, 5) is 0. The van der Waals surface area contributed by atoms with E-state index in [0.29, 0.717) is 17.4 Å². The molecule has 16 heavy (non-hydrogen) atoms. The van der Waals surface area contributed by atoms with Gasteiger partial charge in [0.15, 0.2) is 0 Å². The summed E-state index contributed by atoms with van der Waals surface area (Å²) in [6, 6.07) is 0. The van der Waals surface area contributed by atoms with Gasteiger partial charge in [0, 0.05) is 18.8 Å². The molecule has 2 aliphatic rings. The van der Waals surface area contributed by atoms with E-state index in [-0.39, 0.29) is 0 Å². The van der Waals surface area contributed by atoms with Crippen LogP contribution in [-0.4, -0.2) is 35.3 Å². The Bertz CT molecular complexity index is 261. The minimum Gasteiger partial charge on any atom is -0.409 e. The molecule has 1 aliphatic heterocycles. The van der Waals surface area contributed by atoms with Gasteiger partial charge in [-0.15, -0.1) is 0 Å². The molecule has 3 N–H and O–H groups in total. The summed E-state index contributed by atoms with van der Waals surface area (Å²) in [5.41, 5.74) is 5.88. The monoisotopic (exact) mass is 244 g/mol. The number of oxime groups is 1. The minimum absolute atomic E-state index is 0.319. The van der Waals surface area contributed by atoms with Gasteiger partial charge in [0.1, 0.15) is 5.84 Å². The van der Waals surface area contributed by atoms with Gasteiger partial charge >= 0.3 is 0 Å². The van der Waals surface area contributed by atoms with Crippen molar-refractivity contribution in [2.75, 3.05) is 18.1 Å². The molecule has 2 fully saturated rings. The average molecular weight is 244 g/mol. The lowest BCUT2D eigenvalue weighted by molar-refractivity contribution is 0.129. The Kier molecular flexibility index (Phi) is 3.97. The highest BCUT2D eigenvalue weighted by Crippen LogP contribution is 2.51. The summed E-state index contributed by atoms with van der Waals surface area (Å²) >= 11 is 1.96. The molecule has 1 saturated heterocycles. The third-order valence-corrected chi connectivity index (χ3v) is 4.80. The molecule has 1 unspecified atom stereocenters. The summed E-state index contributed by atoms with van der Waals surface area (Å²) in [5.74, 6) is 2.58. The quantitative estimate of drug-likeness (QED) is 0.324. The van der Waals surface area contributed by atoms with Crippen molar-refractivity contribution in [1.82, 2.24) is 0 Å². The van der Waals surface area contributed by atoms with Crippen molar-refractivity contribution in [3.05, 3.63) is 0 Å². The zero-order chi connectivity index (χ0) is 11.4. The molecule has 1 aliphatic carbocycles. The normalized spacial score (nSPS) is 28.2. The molecule has 1 atom stereocenters. The van der Waals surface area contributed by atoms with Crippen molar-refractivity contribution in [1.29, 1.82) is 0 Å². The fraction of sp³-hybridized carbons (Fsp3) is 0.909. The summed E-state index contributed by atoms with van der Waals surface area (Å²) in [7, 11) is 0. The van der Waals surface area contributed by atoms with Crippen LogP contribution in [0.3, 0.4) is 0 Å². The van der Waals surface area contributed by atoms with Gasteiger partial charge in [-0.2, -0.15) is 11.8 Å². The van der Waals surface area contributed by atoms with E-state index in [2.05, 4.69) is 5.16 Å². The predicted molar refractivity (Wildman–Crippen MR) is 66.0 cm³/mol. The number of rotatable bonds is 6.